The number of rotatable bonds is 3. The molecule has 0 bridgehead atoms. The van der Waals surface area contributed by atoms with Gasteiger partial charge in [-0.25, -0.2) is 18.4 Å². The van der Waals surface area contributed by atoms with Gasteiger partial charge in [0, 0.05) is 11.8 Å². The van der Waals surface area contributed by atoms with Crippen molar-refractivity contribution in [3.63, 3.8) is 0 Å². The minimum Gasteiger partial charge on any atom is -0.507 e. The number of nitrogens with two attached hydrogens (primary N) is 1. The van der Waals surface area contributed by atoms with Gasteiger partial charge < -0.3 is 9.84 Å². The molecule has 6 atom stereocenters. The topological polar surface area (TPSA) is 124 Å². The molecule has 0 aliphatic heterocycles. The summed E-state index contributed by atoms with van der Waals surface area (Å²) < 4.78 is 29.4. The number of ether oxygens (including phenoxy) is 1. The average Bonchev–Trinajstić information content (AvgIpc) is 3.10. The Hall–Kier alpha value is -2.19. The van der Waals surface area contributed by atoms with E-state index in [1.54, 1.807) is 0 Å². The SMILES string of the molecule is C[C@]12CCC(=O)C=C1CCC1C2CC[C@@]2(C)C1CC[C@@H]2OC(=O)c1cc(S(N)(=O)=O)ccc1O. The first-order valence-corrected chi connectivity index (χ1v) is 13.8. The third-order valence-corrected chi connectivity index (χ3v) is 10.6. The van der Waals surface area contributed by atoms with Crippen LogP contribution in [0, 0.1) is 28.6 Å². The molecule has 3 fully saturated rings. The van der Waals surface area contributed by atoms with Crippen LogP contribution in [0.4, 0.5) is 0 Å². The quantitative estimate of drug-likeness (QED) is 0.619. The zero-order valence-electron chi connectivity index (χ0n) is 19.7. The molecular formula is C26H33NO6S. The molecule has 4 aliphatic rings. The van der Waals surface area contributed by atoms with Crippen LogP contribution in [0.2, 0.25) is 0 Å². The Morgan fingerprint density at radius 3 is 2.59 bits per heavy atom. The van der Waals surface area contributed by atoms with E-state index < -0.39 is 16.0 Å². The van der Waals surface area contributed by atoms with Crippen LogP contribution in [-0.4, -0.2) is 31.4 Å². The molecule has 3 N–H and O–H groups in total. The second kappa shape index (κ2) is 7.92. The summed E-state index contributed by atoms with van der Waals surface area (Å²) in [4.78, 5) is 24.8. The molecule has 0 radical (unpaired) electrons. The molecule has 4 aliphatic carbocycles. The first kappa shape index (κ1) is 23.5. The van der Waals surface area contributed by atoms with E-state index in [1.165, 1.54) is 11.6 Å². The van der Waals surface area contributed by atoms with Crippen LogP contribution in [-0.2, 0) is 19.6 Å². The molecule has 184 valence electrons. The van der Waals surface area contributed by atoms with Crippen molar-refractivity contribution in [3.05, 3.63) is 35.4 Å². The fraction of sp³-hybridized carbons (Fsp3) is 0.615. The lowest BCUT2D eigenvalue weighted by atomic mass is 9.47. The standard InChI is InChI=1S/C26H33NO6S/c1-25-11-9-16(28)13-15(25)3-5-18-20-6-8-23(26(20,2)12-10-21(18)25)33-24(30)19-14-17(34(27,31)32)4-7-22(19)29/h4,7,13-14,18,20-21,23,29H,3,5-6,8-12H2,1-2H3,(H2,27,31,32)/t18?,20?,21?,23-,25-,26-/m0/s1. The second-order valence-electron chi connectivity index (χ2n) is 11.2. The van der Waals surface area contributed by atoms with Crippen molar-refractivity contribution >= 4 is 21.8 Å². The van der Waals surface area contributed by atoms with Crippen LogP contribution in [0.15, 0.2) is 34.7 Å². The maximum absolute atomic E-state index is 13.0. The molecule has 8 heteroatoms. The van der Waals surface area contributed by atoms with E-state index in [4.69, 9.17) is 9.88 Å². The number of benzene rings is 1. The number of phenolic OH excluding ortho intramolecular Hbond substituents is 1. The van der Waals surface area contributed by atoms with Gasteiger partial charge in [-0.15, -0.1) is 0 Å². The van der Waals surface area contributed by atoms with Crippen molar-refractivity contribution in [1.29, 1.82) is 0 Å². The van der Waals surface area contributed by atoms with E-state index >= 15 is 0 Å². The minimum atomic E-state index is -4.01. The lowest BCUT2D eigenvalue weighted by Crippen LogP contribution is -2.51. The summed E-state index contributed by atoms with van der Waals surface area (Å²) >= 11 is 0. The molecule has 3 unspecified atom stereocenters. The zero-order valence-corrected chi connectivity index (χ0v) is 20.6. The van der Waals surface area contributed by atoms with Crippen molar-refractivity contribution in [1.82, 2.24) is 0 Å². The number of sulfonamides is 1. The van der Waals surface area contributed by atoms with Crippen molar-refractivity contribution in [2.45, 2.75) is 76.2 Å². The summed E-state index contributed by atoms with van der Waals surface area (Å²) in [6.45, 7) is 4.57. The Morgan fingerprint density at radius 2 is 1.85 bits per heavy atom. The molecular weight excluding hydrogens is 454 g/mol. The van der Waals surface area contributed by atoms with Crippen LogP contribution in [0.3, 0.4) is 0 Å². The van der Waals surface area contributed by atoms with Crippen LogP contribution in [0.5, 0.6) is 5.75 Å². The first-order valence-electron chi connectivity index (χ1n) is 12.2. The van der Waals surface area contributed by atoms with Gasteiger partial charge in [0.2, 0.25) is 10.0 Å². The van der Waals surface area contributed by atoms with Crippen LogP contribution >= 0.6 is 0 Å². The van der Waals surface area contributed by atoms with Crippen LogP contribution in [0.1, 0.15) is 75.6 Å². The van der Waals surface area contributed by atoms with Gasteiger partial charge in [-0.3, -0.25) is 4.79 Å². The molecule has 34 heavy (non-hydrogen) atoms. The number of hydrogen-bond donors (Lipinski definition) is 2. The highest BCUT2D eigenvalue weighted by Crippen LogP contribution is 2.65. The number of ketones is 1. The molecule has 0 spiro atoms. The molecule has 0 saturated heterocycles. The fourth-order valence-electron chi connectivity index (χ4n) is 7.75. The molecule has 3 saturated carbocycles. The highest BCUT2D eigenvalue weighted by molar-refractivity contribution is 7.89. The van der Waals surface area contributed by atoms with Gasteiger partial charge in [0.15, 0.2) is 5.78 Å². The van der Waals surface area contributed by atoms with E-state index in [1.807, 2.05) is 6.08 Å². The van der Waals surface area contributed by atoms with E-state index in [0.29, 0.717) is 24.2 Å². The molecule has 0 aromatic heterocycles. The number of phenols is 1. The first-order chi connectivity index (χ1) is 15.9. The Morgan fingerprint density at radius 1 is 1.09 bits per heavy atom. The Kier molecular flexibility index (Phi) is 5.48. The van der Waals surface area contributed by atoms with E-state index in [2.05, 4.69) is 13.8 Å². The van der Waals surface area contributed by atoms with Crippen LogP contribution < -0.4 is 5.14 Å². The summed E-state index contributed by atoms with van der Waals surface area (Å²) in [5.74, 6) is 0.731. The molecule has 1 aromatic rings. The summed E-state index contributed by atoms with van der Waals surface area (Å²) in [5.41, 5.74) is 1.08. The van der Waals surface area contributed by atoms with Crippen molar-refractivity contribution < 1.29 is 27.9 Å². The van der Waals surface area contributed by atoms with Gasteiger partial charge >= 0.3 is 5.97 Å². The van der Waals surface area contributed by atoms with Gasteiger partial charge in [0.25, 0.3) is 0 Å². The number of primary sulfonamides is 1. The molecule has 7 nitrogen and oxygen atoms in total. The zero-order chi connectivity index (χ0) is 24.5. The van der Waals surface area contributed by atoms with Gasteiger partial charge in [-0.05, 0) is 92.4 Å². The minimum absolute atomic E-state index is 0.0901. The number of allylic oxidation sites excluding steroid dienone is 1. The highest BCUT2D eigenvalue weighted by Gasteiger charge is 2.60. The number of hydrogen-bond acceptors (Lipinski definition) is 6. The highest BCUT2D eigenvalue weighted by atomic mass is 32.2. The average molecular weight is 488 g/mol. The lowest BCUT2D eigenvalue weighted by Gasteiger charge is -2.57. The molecule has 0 amide bonds. The lowest BCUT2D eigenvalue weighted by molar-refractivity contribution is -0.118. The normalized spacial score (nSPS) is 37.3. The summed E-state index contributed by atoms with van der Waals surface area (Å²) in [7, 11) is -4.01. The maximum atomic E-state index is 13.0. The van der Waals surface area contributed by atoms with E-state index in [-0.39, 0.29) is 38.9 Å². The van der Waals surface area contributed by atoms with E-state index in [9.17, 15) is 23.1 Å². The third kappa shape index (κ3) is 3.61. The Labute approximate surface area is 200 Å². The number of carbonyl (C=O) groups excluding carboxylic acids is 2. The van der Waals surface area contributed by atoms with Gasteiger partial charge in [0.05, 0.1) is 4.90 Å². The van der Waals surface area contributed by atoms with Crippen molar-refractivity contribution in [2.24, 2.45) is 33.7 Å². The summed E-state index contributed by atoms with van der Waals surface area (Å²) in [6.07, 6.45) is 8.93. The third-order valence-electron chi connectivity index (χ3n) is 9.64. The largest absolute Gasteiger partial charge is 0.507 e. The predicted molar refractivity (Wildman–Crippen MR) is 125 cm³/mol. The number of aromatic hydroxyl groups is 1. The molecule has 0 heterocycles. The second-order valence-corrected chi connectivity index (χ2v) is 12.8. The molecule has 1 aromatic carbocycles. The maximum Gasteiger partial charge on any atom is 0.342 e. The Balaban J connectivity index is 1.37. The number of esters is 1. The number of carbonyl (C=O) groups is 2. The smallest absolute Gasteiger partial charge is 0.342 e. The fourth-order valence-corrected chi connectivity index (χ4v) is 8.29. The van der Waals surface area contributed by atoms with Crippen molar-refractivity contribution in [2.75, 3.05) is 0 Å². The Bertz CT molecular complexity index is 1190. The van der Waals surface area contributed by atoms with Gasteiger partial charge in [0.1, 0.15) is 17.4 Å². The summed E-state index contributed by atoms with van der Waals surface area (Å²) in [5, 5.41) is 15.4. The number of fused-ring (bicyclic) bond motifs is 5. The molecule has 5 rings (SSSR count). The van der Waals surface area contributed by atoms with E-state index in [0.717, 1.165) is 57.1 Å². The van der Waals surface area contributed by atoms with Crippen molar-refractivity contribution in [3.8, 4) is 5.75 Å². The van der Waals surface area contributed by atoms with Gasteiger partial charge in [-0.1, -0.05) is 19.4 Å². The summed E-state index contributed by atoms with van der Waals surface area (Å²) in [6, 6.07) is 3.41. The van der Waals surface area contributed by atoms with Gasteiger partial charge in [-0.2, -0.15) is 0 Å². The monoisotopic (exact) mass is 487 g/mol. The predicted octanol–water partition coefficient (Wildman–Crippen LogP) is 4.10. The van der Waals surface area contributed by atoms with Crippen LogP contribution in [0.25, 0.3) is 0 Å².